The Morgan fingerprint density at radius 3 is 2.63 bits per heavy atom. The topological polar surface area (TPSA) is 75.6 Å². The number of benzene rings is 1. The van der Waals surface area contributed by atoms with Crippen molar-refractivity contribution in [1.29, 1.82) is 0 Å². The lowest BCUT2D eigenvalue weighted by molar-refractivity contribution is -0.139. The average molecular weight is 283 g/mol. The first-order valence-electron chi connectivity index (χ1n) is 5.82. The number of hydrogen-bond donors (Lipinski definition) is 2. The molecule has 1 rings (SSSR count). The predicted octanol–water partition coefficient (Wildman–Crippen LogP) is 1.77. The number of carbonyl (C=O) groups is 2. The Hall–Kier alpha value is -1.69. The maximum Gasteiger partial charge on any atom is 0.407 e. The number of carboxylic acid groups (broad SMARTS) is 1. The molecule has 0 aliphatic rings. The monoisotopic (exact) mass is 283 g/mol. The van der Waals surface area contributed by atoms with Gasteiger partial charge in [0.1, 0.15) is 12.6 Å². The van der Waals surface area contributed by atoms with Gasteiger partial charge in [-0.2, -0.15) is 11.8 Å². The number of ether oxygens (including phenoxy) is 1. The van der Waals surface area contributed by atoms with Crippen LogP contribution in [0.25, 0.3) is 0 Å². The highest BCUT2D eigenvalue weighted by molar-refractivity contribution is 7.98. The number of hydrogen-bond acceptors (Lipinski definition) is 4. The Bertz CT molecular complexity index is 410. The third kappa shape index (κ3) is 6.15. The van der Waals surface area contributed by atoms with Crippen LogP contribution < -0.4 is 5.32 Å². The predicted molar refractivity (Wildman–Crippen MR) is 74.4 cm³/mol. The van der Waals surface area contributed by atoms with E-state index in [2.05, 4.69) is 5.32 Å². The summed E-state index contributed by atoms with van der Waals surface area (Å²) in [7, 11) is 0. The molecular weight excluding hydrogens is 266 g/mol. The molecule has 5 nitrogen and oxygen atoms in total. The number of alkyl carbamates (subject to hydrolysis) is 1. The Morgan fingerprint density at radius 1 is 1.37 bits per heavy atom. The molecule has 0 unspecified atom stereocenters. The minimum atomic E-state index is -1.08. The quantitative estimate of drug-likeness (QED) is 0.746. The smallest absolute Gasteiger partial charge is 0.407 e. The van der Waals surface area contributed by atoms with Crippen LogP contribution in [-0.2, 0) is 16.0 Å². The number of rotatable bonds is 7. The van der Waals surface area contributed by atoms with E-state index in [0.29, 0.717) is 5.75 Å². The summed E-state index contributed by atoms with van der Waals surface area (Å²) >= 11 is 1.55. The molecule has 104 valence electrons. The van der Waals surface area contributed by atoms with Crippen LogP contribution in [0, 0.1) is 0 Å². The molecule has 0 saturated heterocycles. The SMILES string of the molecule is CSCCOC(=O)N[C@@H](Cc1ccccc1)C(=O)O. The first-order chi connectivity index (χ1) is 9.13. The summed E-state index contributed by atoms with van der Waals surface area (Å²) in [5, 5.41) is 11.4. The normalized spacial score (nSPS) is 11.6. The largest absolute Gasteiger partial charge is 0.480 e. The van der Waals surface area contributed by atoms with E-state index in [9.17, 15) is 9.59 Å². The van der Waals surface area contributed by atoms with Crippen molar-refractivity contribution in [1.82, 2.24) is 5.32 Å². The minimum absolute atomic E-state index is 0.230. The highest BCUT2D eigenvalue weighted by Gasteiger charge is 2.20. The molecule has 0 radical (unpaired) electrons. The summed E-state index contributed by atoms with van der Waals surface area (Å²) in [6.07, 6.45) is 1.43. The fourth-order valence-electron chi connectivity index (χ4n) is 1.45. The molecule has 0 aliphatic carbocycles. The molecule has 2 N–H and O–H groups in total. The van der Waals surface area contributed by atoms with Gasteiger partial charge in [-0.05, 0) is 11.8 Å². The van der Waals surface area contributed by atoms with Crippen molar-refractivity contribution in [2.75, 3.05) is 18.6 Å². The van der Waals surface area contributed by atoms with Gasteiger partial charge in [0.15, 0.2) is 0 Å². The molecule has 19 heavy (non-hydrogen) atoms. The number of thioether (sulfide) groups is 1. The van der Waals surface area contributed by atoms with Gasteiger partial charge in [0.05, 0.1) is 0 Å². The van der Waals surface area contributed by atoms with Gasteiger partial charge in [-0.3, -0.25) is 0 Å². The van der Waals surface area contributed by atoms with Gasteiger partial charge in [-0.1, -0.05) is 30.3 Å². The van der Waals surface area contributed by atoms with Crippen molar-refractivity contribution >= 4 is 23.8 Å². The van der Waals surface area contributed by atoms with Crippen LogP contribution >= 0.6 is 11.8 Å². The zero-order chi connectivity index (χ0) is 14.1. The molecule has 1 atom stereocenters. The van der Waals surface area contributed by atoms with Crippen LogP contribution in [0.5, 0.6) is 0 Å². The zero-order valence-corrected chi connectivity index (χ0v) is 11.5. The van der Waals surface area contributed by atoms with Crippen molar-refractivity contribution < 1.29 is 19.4 Å². The van der Waals surface area contributed by atoms with Gasteiger partial charge in [-0.25, -0.2) is 9.59 Å². The van der Waals surface area contributed by atoms with Crippen molar-refractivity contribution in [2.24, 2.45) is 0 Å². The van der Waals surface area contributed by atoms with Crippen LogP contribution in [0.15, 0.2) is 30.3 Å². The molecule has 1 aromatic carbocycles. The van der Waals surface area contributed by atoms with Gasteiger partial charge >= 0.3 is 12.1 Å². The number of nitrogens with one attached hydrogen (secondary N) is 1. The number of aliphatic carboxylic acids is 1. The van der Waals surface area contributed by atoms with Crippen LogP contribution in [0.1, 0.15) is 5.56 Å². The average Bonchev–Trinajstić information content (AvgIpc) is 2.39. The molecule has 6 heteroatoms. The fourth-order valence-corrected chi connectivity index (χ4v) is 1.70. The maximum atomic E-state index is 11.4. The van der Waals surface area contributed by atoms with Gasteiger partial charge in [-0.15, -0.1) is 0 Å². The fraction of sp³-hybridized carbons (Fsp3) is 0.385. The lowest BCUT2D eigenvalue weighted by atomic mass is 10.1. The standard InChI is InChI=1S/C13H17NO4S/c1-19-8-7-18-13(17)14-11(12(15)16)9-10-5-3-2-4-6-10/h2-6,11H,7-9H2,1H3,(H,14,17)(H,15,16)/t11-/m0/s1. The van der Waals surface area contributed by atoms with E-state index in [-0.39, 0.29) is 13.0 Å². The van der Waals surface area contributed by atoms with E-state index in [1.165, 1.54) is 0 Å². The molecule has 0 aliphatic heterocycles. The molecular formula is C13H17NO4S. The van der Waals surface area contributed by atoms with Crippen molar-refractivity contribution in [3.63, 3.8) is 0 Å². The van der Waals surface area contributed by atoms with E-state index in [0.717, 1.165) is 5.56 Å². The molecule has 0 bridgehead atoms. The van der Waals surface area contributed by atoms with Gasteiger partial charge in [0.25, 0.3) is 0 Å². The van der Waals surface area contributed by atoms with Crippen LogP contribution in [0.4, 0.5) is 4.79 Å². The molecule has 1 amide bonds. The molecule has 0 aromatic heterocycles. The third-order valence-electron chi connectivity index (χ3n) is 2.39. The Kier molecular flexibility index (Phi) is 6.81. The first kappa shape index (κ1) is 15.4. The molecule has 0 heterocycles. The summed E-state index contributed by atoms with van der Waals surface area (Å²) in [5.74, 6) is -0.394. The highest BCUT2D eigenvalue weighted by Crippen LogP contribution is 2.04. The Morgan fingerprint density at radius 2 is 2.05 bits per heavy atom. The molecule has 0 spiro atoms. The summed E-state index contributed by atoms with van der Waals surface area (Å²) < 4.78 is 4.87. The van der Waals surface area contributed by atoms with E-state index >= 15 is 0 Å². The Balaban J connectivity index is 2.49. The first-order valence-corrected chi connectivity index (χ1v) is 7.22. The minimum Gasteiger partial charge on any atom is -0.480 e. The van der Waals surface area contributed by atoms with Crippen molar-refractivity contribution in [2.45, 2.75) is 12.5 Å². The highest BCUT2D eigenvalue weighted by atomic mass is 32.2. The van der Waals surface area contributed by atoms with E-state index in [4.69, 9.17) is 9.84 Å². The second kappa shape index (κ2) is 8.42. The second-order valence-electron chi connectivity index (χ2n) is 3.85. The van der Waals surface area contributed by atoms with Crippen LogP contribution in [0.3, 0.4) is 0 Å². The van der Waals surface area contributed by atoms with Gasteiger partial charge in [0.2, 0.25) is 0 Å². The van der Waals surface area contributed by atoms with E-state index < -0.39 is 18.1 Å². The summed E-state index contributed by atoms with van der Waals surface area (Å²) in [6, 6.07) is 8.15. The molecule has 0 saturated carbocycles. The van der Waals surface area contributed by atoms with Gasteiger partial charge in [0, 0.05) is 12.2 Å². The Labute approximate surface area is 116 Å². The van der Waals surface area contributed by atoms with E-state index in [1.54, 1.807) is 11.8 Å². The number of amides is 1. The van der Waals surface area contributed by atoms with Crippen LogP contribution in [0.2, 0.25) is 0 Å². The number of carboxylic acids is 1. The zero-order valence-electron chi connectivity index (χ0n) is 10.7. The van der Waals surface area contributed by atoms with Gasteiger partial charge < -0.3 is 15.2 Å². The third-order valence-corrected chi connectivity index (χ3v) is 2.97. The summed E-state index contributed by atoms with van der Waals surface area (Å²) in [4.78, 5) is 22.5. The molecule has 0 fully saturated rings. The lowest BCUT2D eigenvalue weighted by Gasteiger charge is -2.14. The lowest BCUT2D eigenvalue weighted by Crippen LogP contribution is -2.42. The number of carbonyl (C=O) groups excluding carboxylic acids is 1. The molecule has 1 aromatic rings. The summed E-state index contributed by atoms with van der Waals surface area (Å²) in [6.45, 7) is 0.269. The van der Waals surface area contributed by atoms with Crippen molar-refractivity contribution in [3.8, 4) is 0 Å². The second-order valence-corrected chi connectivity index (χ2v) is 4.84. The maximum absolute atomic E-state index is 11.4. The van der Waals surface area contributed by atoms with Crippen molar-refractivity contribution in [3.05, 3.63) is 35.9 Å². The van der Waals surface area contributed by atoms with E-state index in [1.807, 2.05) is 36.6 Å². The van der Waals surface area contributed by atoms with Crippen LogP contribution in [-0.4, -0.2) is 41.8 Å². The summed E-state index contributed by atoms with van der Waals surface area (Å²) in [5.41, 5.74) is 0.847.